The minimum atomic E-state index is 0.942. The van der Waals surface area contributed by atoms with Crippen molar-refractivity contribution in [1.29, 1.82) is 0 Å². The molecule has 0 N–H and O–H groups in total. The third-order valence-corrected chi connectivity index (χ3v) is 10.9. The zero-order chi connectivity index (χ0) is 35.6. The first-order chi connectivity index (χ1) is 26.8. The Kier molecular flexibility index (Phi) is 6.86. The van der Waals surface area contributed by atoms with Gasteiger partial charge in [-0.1, -0.05) is 170 Å². The van der Waals surface area contributed by atoms with Crippen molar-refractivity contribution in [2.24, 2.45) is 0 Å². The molecule has 252 valence electrons. The molecule has 0 aliphatic carbocycles. The fraction of sp³-hybridized carbons (Fsp3) is 0. The number of fused-ring (bicyclic) bond motifs is 4. The Hall–Kier alpha value is -7.23. The standard InChI is InChI=1S/C51H33N3/c1-4-16-35(17-5-1)47-40-22-10-12-24-42(40)48(43-25-13-11-23-41(43)47)36-32-30-34(31-33-36)39-26-14-28-45-49(39)53(38-20-8-3-9-21-38)46-29-15-27-44-50(46)54(45)51(52-44)37-18-6-2-7-19-37/h1-33H. The van der Waals surface area contributed by atoms with Gasteiger partial charge in [0.15, 0.2) is 0 Å². The number of hydrogen-bond acceptors (Lipinski definition) is 2. The molecule has 0 fully saturated rings. The second kappa shape index (κ2) is 12.2. The SMILES string of the molecule is c1ccc(-c2c3ccccc3c(-c3ccc(-c4cccc5c4N(c4ccccc4)c4cccc6nc(-c7ccccc7)n-5c46)cc3)c3ccccc23)cc1. The molecule has 0 atom stereocenters. The van der Waals surface area contributed by atoms with Gasteiger partial charge in [0.05, 0.1) is 28.1 Å². The van der Waals surface area contributed by atoms with Gasteiger partial charge < -0.3 is 4.90 Å². The van der Waals surface area contributed by atoms with Gasteiger partial charge in [-0.25, -0.2) is 4.98 Å². The molecule has 0 saturated heterocycles. The summed E-state index contributed by atoms with van der Waals surface area (Å²) in [5.41, 5.74) is 14.9. The quantitative estimate of drug-likeness (QED) is 0.168. The summed E-state index contributed by atoms with van der Waals surface area (Å²) in [6.45, 7) is 0. The van der Waals surface area contributed by atoms with Gasteiger partial charge >= 0.3 is 0 Å². The average molecular weight is 688 g/mol. The number of rotatable bonds is 5. The molecular formula is C51H33N3. The maximum atomic E-state index is 5.24. The smallest absolute Gasteiger partial charge is 0.145 e. The lowest BCUT2D eigenvalue weighted by Gasteiger charge is -2.34. The summed E-state index contributed by atoms with van der Waals surface area (Å²) in [6, 6.07) is 72.1. The third-order valence-electron chi connectivity index (χ3n) is 10.9. The fourth-order valence-corrected chi connectivity index (χ4v) is 8.62. The Labute approximate surface area is 313 Å². The van der Waals surface area contributed by atoms with Crippen LogP contribution in [-0.2, 0) is 0 Å². The molecule has 0 unspecified atom stereocenters. The molecule has 2 heterocycles. The Morgan fingerprint density at radius 1 is 0.352 bits per heavy atom. The van der Waals surface area contributed by atoms with Crippen molar-refractivity contribution < 1.29 is 0 Å². The van der Waals surface area contributed by atoms with Gasteiger partial charge in [-0.3, -0.25) is 4.57 Å². The van der Waals surface area contributed by atoms with Crippen molar-refractivity contribution in [1.82, 2.24) is 9.55 Å². The van der Waals surface area contributed by atoms with E-state index >= 15 is 0 Å². The second-order valence-electron chi connectivity index (χ2n) is 13.9. The first kappa shape index (κ1) is 30.4. The van der Waals surface area contributed by atoms with E-state index in [9.17, 15) is 0 Å². The minimum absolute atomic E-state index is 0.942. The maximum Gasteiger partial charge on any atom is 0.145 e. The Balaban J connectivity index is 1.13. The van der Waals surface area contributed by atoms with Gasteiger partial charge in [-0.05, 0) is 79.7 Å². The fourth-order valence-electron chi connectivity index (χ4n) is 8.62. The molecule has 9 aromatic carbocycles. The lowest BCUT2D eigenvalue weighted by Crippen LogP contribution is -2.19. The van der Waals surface area contributed by atoms with E-state index in [0.717, 1.165) is 56.3 Å². The van der Waals surface area contributed by atoms with Gasteiger partial charge in [0.25, 0.3) is 0 Å². The van der Waals surface area contributed by atoms with Gasteiger partial charge in [-0.2, -0.15) is 0 Å². The highest BCUT2D eigenvalue weighted by Gasteiger charge is 2.31. The third kappa shape index (κ3) is 4.59. The molecule has 1 aliphatic rings. The molecule has 0 saturated carbocycles. The zero-order valence-electron chi connectivity index (χ0n) is 29.4. The van der Waals surface area contributed by atoms with E-state index in [2.05, 4.69) is 210 Å². The zero-order valence-corrected chi connectivity index (χ0v) is 29.4. The summed E-state index contributed by atoms with van der Waals surface area (Å²) in [7, 11) is 0. The summed E-state index contributed by atoms with van der Waals surface area (Å²) in [5.74, 6) is 0.942. The van der Waals surface area contributed by atoms with Gasteiger partial charge in [0.2, 0.25) is 0 Å². The second-order valence-corrected chi connectivity index (χ2v) is 13.9. The average Bonchev–Trinajstić information content (AvgIpc) is 3.65. The van der Waals surface area contributed by atoms with Crippen LogP contribution in [0.25, 0.3) is 83.0 Å². The van der Waals surface area contributed by atoms with Crippen molar-refractivity contribution in [3.8, 4) is 50.5 Å². The molecule has 3 heteroatoms. The molecule has 10 aromatic rings. The van der Waals surface area contributed by atoms with E-state index in [0.29, 0.717) is 0 Å². The van der Waals surface area contributed by atoms with Crippen molar-refractivity contribution in [3.05, 3.63) is 200 Å². The number of aromatic nitrogens is 2. The summed E-state index contributed by atoms with van der Waals surface area (Å²) >= 11 is 0. The number of nitrogens with zero attached hydrogens (tertiary/aromatic N) is 3. The lowest BCUT2D eigenvalue weighted by molar-refractivity contribution is 1.06. The van der Waals surface area contributed by atoms with Crippen LogP contribution in [0.3, 0.4) is 0 Å². The molecule has 54 heavy (non-hydrogen) atoms. The van der Waals surface area contributed by atoms with E-state index in [4.69, 9.17) is 4.98 Å². The van der Waals surface area contributed by atoms with Crippen LogP contribution in [0.2, 0.25) is 0 Å². The molecule has 1 aliphatic heterocycles. The summed E-state index contributed by atoms with van der Waals surface area (Å²) < 4.78 is 2.36. The van der Waals surface area contributed by atoms with Crippen LogP contribution in [0.4, 0.5) is 17.1 Å². The molecule has 0 spiro atoms. The first-order valence-electron chi connectivity index (χ1n) is 18.5. The minimum Gasteiger partial charge on any atom is -0.306 e. The number of hydrogen-bond donors (Lipinski definition) is 0. The van der Waals surface area contributed by atoms with Crippen LogP contribution >= 0.6 is 0 Å². The van der Waals surface area contributed by atoms with Crippen LogP contribution < -0.4 is 4.90 Å². The Bertz CT molecular complexity index is 2960. The van der Waals surface area contributed by atoms with Crippen LogP contribution in [0.5, 0.6) is 0 Å². The largest absolute Gasteiger partial charge is 0.306 e. The first-order valence-corrected chi connectivity index (χ1v) is 18.5. The molecule has 11 rings (SSSR count). The lowest BCUT2D eigenvalue weighted by atomic mass is 9.85. The van der Waals surface area contributed by atoms with Crippen molar-refractivity contribution >= 4 is 49.6 Å². The normalized spacial score (nSPS) is 12.0. The van der Waals surface area contributed by atoms with Crippen LogP contribution in [0.15, 0.2) is 200 Å². The van der Waals surface area contributed by atoms with Crippen LogP contribution in [-0.4, -0.2) is 9.55 Å². The van der Waals surface area contributed by atoms with Crippen LogP contribution in [0.1, 0.15) is 0 Å². The van der Waals surface area contributed by atoms with Gasteiger partial charge in [0, 0.05) is 16.8 Å². The molecule has 0 bridgehead atoms. The Morgan fingerprint density at radius 3 is 1.44 bits per heavy atom. The highest BCUT2D eigenvalue weighted by molar-refractivity contribution is 6.21. The van der Waals surface area contributed by atoms with E-state index in [-0.39, 0.29) is 0 Å². The van der Waals surface area contributed by atoms with Gasteiger partial charge in [0.1, 0.15) is 5.82 Å². The maximum absolute atomic E-state index is 5.24. The van der Waals surface area contributed by atoms with Crippen molar-refractivity contribution in [2.75, 3.05) is 4.90 Å². The number of para-hydroxylation sites is 3. The molecule has 0 amide bonds. The summed E-state index contributed by atoms with van der Waals surface area (Å²) in [5, 5.41) is 5.03. The topological polar surface area (TPSA) is 21.1 Å². The summed E-state index contributed by atoms with van der Waals surface area (Å²) in [4.78, 5) is 7.66. The predicted molar refractivity (Wildman–Crippen MR) is 226 cm³/mol. The van der Waals surface area contributed by atoms with Crippen molar-refractivity contribution in [2.45, 2.75) is 0 Å². The van der Waals surface area contributed by atoms with Gasteiger partial charge in [-0.15, -0.1) is 0 Å². The van der Waals surface area contributed by atoms with Crippen LogP contribution in [0, 0.1) is 0 Å². The number of imidazole rings is 1. The molecule has 0 radical (unpaired) electrons. The molecular weight excluding hydrogens is 655 g/mol. The number of benzene rings is 9. The van der Waals surface area contributed by atoms with E-state index in [1.807, 2.05) is 0 Å². The molecule has 1 aromatic heterocycles. The van der Waals surface area contributed by atoms with E-state index in [1.165, 1.54) is 43.8 Å². The highest BCUT2D eigenvalue weighted by Crippen LogP contribution is 2.52. The van der Waals surface area contributed by atoms with E-state index < -0.39 is 0 Å². The molecule has 3 nitrogen and oxygen atoms in total. The monoisotopic (exact) mass is 687 g/mol. The predicted octanol–water partition coefficient (Wildman–Crippen LogP) is 13.8. The summed E-state index contributed by atoms with van der Waals surface area (Å²) in [6.07, 6.45) is 0. The Morgan fingerprint density at radius 2 is 0.833 bits per heavy atom. The highest BCUT2D eigenvalue weighted by atomic mass is 15.2. The van der Waals surface area contributed by atoms with E-state index in [1.54, 1.807) is 0 Å². The number of anilines is 3. The van der Waals surface area contributed by atoms with Crippen molar-refractivity contribution in [3.63, 3.8) is 0 Å².